The third kappa shape index (κ3) is 6.64. The van der Waals surface area contributed by atoms with Gasteiger partial charge in [-0.2, -0.15) is 0 Å². The van der Waals surface area contributed by atoms with Crippen molar-refractivity contribution in [3.63, 3.8) is 0 Å². The van der Waals surface area contributed by atoms with Gasteiger partial charge in [0.25, 0.3) is 0 Å². The molecule has 140 valence electrons. The van der Waals surface area contributed by atoms with Crippen molar-refractivity contribution in [2.75, 3.05) is 13.0 Å². The third-order valence-corrected chi connectivity index (χ3v) is 5.21. The molecule has 2 aromatic rings. The number of benzene rings is 2. The minimum Gasteiger partial charge on any atom is -0.465 e. The monoisotopic (exact) mass is 377 g/mol. The molecule has 7 heteroatoms. The molecule has 2 rings (SSSR count). The van der Waals surface area contributed by atoms with Crippen molar-refractivity contribution in [2.24, 2.45) is 0 Å². The van der Waals surface area contributed by atoms with Gasteiger partial charge in [0.05, 0.1) is 13.2 Å². The van der Waals surface area contributed by atoms with E-state index in [0.717, 1.165) is 5.56 Å². The Balaban J connectivity index is 2.04. The number of ether oxygens (including phenoxy) is 2. The molecule has 0 aliphatic carbocycles. The molecule has 1 N–H and O–H groups in total. The van der Waals surface area contributed by atoms with Gasteiger partial charge >= 0.3 is 13.5 Å². The summed E-state index contributed by atoms with van der Waals surface area (Å²) >= 11 is 0. The minimum atomic E-state index is -3.48. The first-order chi connectivity index (χ1) is 12.5. The quantitative estimate of drug-likeness (QED) is 0.499. The standard InChI is InChI=1S/C19H24NO5P/c1-3-24-19(21)16(2)20-26(22,25-18-12-8-5-9-13-18)15-23-14-17-10-6-4-7-11-17/h4-13,16H,3,14-15H2,1-2H3,(H,20,22)/t16-,26?/m0/s1. The van der Waals surface area contributed by atoms with Crippen molar-refractivity contribution in [1.82, 2.24) is 5.09 Å². The highest BCUT2D eigenvalue weighted by molar-refractivity contribution is 7.57. The van der Waals surface area contributed by atoms with E-state index >= 15 is 0 Å². The molecule has 2 atom stereocenters. The lowest BCUT2D eigenvalue weighted by Crippen LogP contribution is -2.35. The maximum absolute atomic E-state index is 13.2. The fourth-order valence-corrected chi connectivity index (χ4v) is 3.88. The van der Waals surface area contributed by atoms with Crippen LogP contribution in [0, 0.1) is 0 Å². The smallest absolute Gasteiger partial charge is 0.342 e. The van der Waals surface area contributed by atoms with E-state index in [1.165, 1.54) is 0 Å². The maximum atomic E-state index is 13.2. The number of hydrogen-bond acceptors (Lipinski definition) is 5. The molecule has 0 saturated carbocycles. The SMILES string of the molecule is CCOC(=O)[C@H](C)NP(=O)(COCc1ccccc1)Oc1ccccc1. The molecule has 0 bridgehead atoms. The van der Waals surface area contributed by atoms with Crippen LogP contribution in [0.25, 0.3) is 0 Å². The molecular weight excluding hydrogens is 353 g/mol. The number of hydrogen-bond donors (Lipinski definition) is 1. The van der Waals surface area contributed by atoms with Gasteiger partial charge < -0.3 is 14.0 Å². The number of para-hydroxylation sites is 1. The molecule has 2 aromatic carbocycles. The number of nitrogens with one attached hydrogen (secondary N) is 1. The Hall–Kier alpha value is -2.14. The summed E-state index contributed by atoms with van der Waals surface area (Å²) in [4.78, 5) is 11.9. The van der Waals surface area contributed by atoms with Crippen LogP contribution < -0.4 is 9.61 Å². The van der Waals surface area contributed by atoms with Gasteiger partial charge in [0.15, 0.2) is 0 Å². The molecule has 6 nitrogen and oxygen atoms in total. The van der Waals surface area contributed by atoms with Crippen LogP contribution in [0.3, 0.4) is 0 Å². The topological polar surface area (TPSA) is 73.9 Å². The van der Waals surface area contributed by atoms with Crippen LogP contribution in [-0.4, -0.2) is 25.0 Å². The van der Waals surface area contributed by atoms with E-state index in [2.05, 4.69) is 5.09 Å². The Kier molecular flexibility index (Phi) is 7.85. The largest absolute Gasteiger partial charge is 0.465 e. The highest BCUT2D eigenvalue weighted by Crippen LogP contribution is 2.43. The second kappa shape index (κ2) is 10.1. The summed E-state index contributed by atoms with van der Waals surface area (Å²) in [6, 6.07) is 17.5. The lowest BCUT2D eigenvalue weighted by molar-refractivity contribution is -0.144. The molecule has 0 aliphatic rings. The van der Waals surface area contributed by atoms with E-state index in [1.54, 1.807) is 38.1 Å². The predicted molar refractivity (Wildman–Crippen MR) is 100 cm³/mol. The van der Waals surface area contributed by atoms with Crippen LogP contribution in [0.15, 0.2) is 60.7 Å². The molecule has 0 aromatic heterocycles. The second-order valence-corrected chi connectivity index (χ2v) is 7.69. The van der Waals surface area contributed by atoms with Gasteiger partial charge in [-0.15, -0.1) is 0 Å². The molecule has 0 amide bonds. The van der Waals surface area contributed by atoms with Gasteiger partial charge in [0, 0.05) is 0 Å². The second-order valence-electron chi connectivity index (χ2n) is 5.64. The van der Waals surface area contributed by atoms with Gasteiger partial charge in [-0.3, -0.25) is 9.36 Å². The molecule has 0 heterocycles. The fourth-order valence-electron chi connectivity index (χ4n) is 2.21. The van der Waals surface area contributed by atoms with Crippen LogP contribution in [0.5, 0.6) is 5.75 Å². The molecule has 26 heavy (non-hydrogen) atoms. The van der Waals surface area contributed by atoms with Crippen molar-refractivity contribution in [3.05, 3.63) is 66.2 Å². The first-order valence-electron chi connectivity index (χ1n) is 8.42. The zero-order valence-electron chi connectivity index (χ0n) is 15.0. The number of carbonyl (C=O) groups excluding carboxylic acids is 1. The van der Waals surface area contributed by atoms with Crippen molar-refractivity contribution in [1.29, 1.82) is 0 Å². The average Bonchev–Trinajstić information content (AvgIpc) is 2.63. The Labute approximate surface area is 154 Å². The van der Waals surface area contributed by atoms with E-state index in [9.17, 15) is 9.36 Å². The lowest BCUT2D eigenvalue weighted by atomic mass is 10.2. The van der Waals surface area contributed by atoms with Crippen LogP contribution in [0.1, 0.15) is 19.4 Å². The Morgan fingerprint density at radius 1 is 1.08 bits per heavy atom. The van der Waals surface area contributed by atoms with E-state index in [4.69, 9.17) is 14.0 Å². The minimum absolute atomic E-state index is 0.180. The first kappa shape index (κ1) is 20.2. The maximum Gasteiger partial charge on any atom is 0.342 e. The molecule has 0 saturated heterocycles. The third-order valence-electron chi connectivity index (χ3n) is 3.40. The zero-order chi connectivity index (χ0) is 18.8. The van der Waals surface area contributed by atoms with Crippen molar-refractivity contribution < 1.29 is 23.4 Å². The summed E-state index contributed by atoms with van der Waals surface area (Å²) in [7, 11) is -3.48. The van der Waals surface area contributed by atoms with Gasteiger partial charge in [0.2, 0.25) is 0 Å². The summed E-state index contributed by atoms with van der Waals surface area (Å²) in [6.07, 6.45) is -0.180. The first-order valence-corrected chi connectivity index (χ1v) is 10.2. The fraction of sp³-hybridized carbons (Fsp3) is 0.316. The number of esters is 1. The lowest BCUT2D eigenvalue weighted by Gasteiger charge is -2.23. The molecule has 0 spiro atoms. The van der Waals surface area contributed by atoms with Crippen molar-refractivity contribution in [2.45, 2.75) is 26.5 Å². The van der Waals surface area contributed by atoms with Crippen LogP contribution in [-0.2, 0) is 25.4 Å². The van der Waals surface area contributed by atoms with Crippen LogP contribution >= 0.6 is 7.52 Å². The molecule has 1 unspecified atom stereocenters. The van der Waals surface area contributed by atoms with E-state index in [0.29, 0.717) is 12.4 Å². The number of rotatable bonds is 10. The summed E-state index contributed by atoms with van der Waals surface area (Å²) in [6.45, 7) is 3.83. The summed E-state index contributed by atoms with van der Waals surface area (Å²) in [5.74, 6) is -0.0600. The normalized spacial score (nSPS) is 14.2. The predicted octanol–water partition coefficient (Wildman–Crippen LogP) is 3.97. The van der Waals surface area contributed by atoms with E-state index in [1.807, 2.05) is 36.4 Å². The van der Waals surface area contributed by atoms with Gasteiger partial charge in [0.1, 0.15) is 18.1 Å². The van der Waals surface area contributed by atoms with Crippen molar-refractivity contribution in [3.8, 4) is 5.75 Å². The van der Waals surface area contributed by atoms with Crippen LogP contribution in [0.4, 0.5) is 0 Å². The van der Waals surface area contributed by atoms with Gasteiger partial charge in [-0.1, -0.05) is 48.5 Å². The van der Waals surface area contributed by atoms with Gasteiger partial charge in [-0.05, 0) is 31.5 Å². The highest BCUT2D eigenvalue weighted by Gasteiger charge is 2.30. The Morgan fingerprint density at radius 3 is 2.31 bits per heavy atom. The zero-order valence-corrected chi connectivity index (χ0v) is 15.9. The summed E-state index contributed by atoms with van der Waals surface area (Å²) in [5, 5.41) is 2.75. The molecule has 0 aliphatic heterocycles. The van der Waals surface area contributed by atoms with Crippen LogP contribution in [0.2, 0.25) is 0 Å². The summed E-state index contributed by atoms with van der Waals surface area (Å²) < 4.78 is 29.4. The molecule has 0 fully saturated rings. The van der Waals surface area contributed by atoms with Crippen molar-refractivity contribution >= 4 is 13.5 Å². The van der Waals surface area contributed by atoms with Gasteiger partial charge in [-0.25, -0.2) is 5.09 Å². The average molecular weight is 377 g/mol. The molecular formula is C19H24NO5P. The molecule has 0 radical (unpaired) electrons. The summed E-state index contributed by atoms with van der Waals surface area (Å²) in [5.41, 5.74) is 0.956. The Morgan fingerprint density at radius 2 is 1.69 bits per heavy atom. The van der Waals surface area contributed by atoms with E-state index in [-0.39, 0.29) is 13.0 Å². The Bertz CT molecular complexity index is 723. The van der Waals surface area contributed by atoms with E-state index < -0.39 is 19.5 Å². The highest BCUT2D eigenvalue weighted by atomic mass is 31.2. The number of carbonyl (C=O) groups is 1.